The number of halogens is 1. The summed E-state index contributed by atoms with van der Waals surface area (Å²) < 4.78 is 19.2. The lowest BCUT2D eigenvalue weighted by Crippen LogP contribution is -2.26. The minimum Gasteiger partial charge on any atom is -0.464 e. The SMILES string of the molecule is Cc1c(-c2ccco2)c(=O)c(C(N)=O)cn1CCF. The van der Waals surface area contributed by atoms with Crippen molar-refractivity contribution in [1.29, 1.82) is 0 Å². The smallest absolute Gasteiger partial charge is 0.254 e. The molecule has 2 heterocycles. The highest BCUT2D eigenvalue weighted by Gasteiger charge is 2.18. The molecule has 0 aliphatic carbocycles. The van der Waals surface area contributed by atoms with Gasteiger partial charge in [-0.15, -0.1) is 0 Å². The van der Waals surface area contributed by atoms with Crippen molar-refractivity contribution in [3.8, 4) is 11.3 Å². The molecule has 19 heavy (non-hydrogen) atoms. The van der Waals surface area contributed by atoms with Crippen LogP contribution in [0.4, 0.5) is 4.39 Å². The summed E-state index contributed by atoms with van der Waals surface area (Å²) in [7, 11) is 0. The summed E-state index contributed by atoms with van der Waals surface area (Å²) in [5, 5.41) is 0. The molecule has 2 rings (SSSR count). The third-order valence-electron chi connectivity index (χ3n) is 2.91. The molecule has 0 spiro atoms. The summed E-state index contributed by atoms with van der Waals surface area (Å²) in [6.07, 6.45) is 2.71. The number of alkyl halides is 1. The van der Waals surface area contributed by atoms with Crippen LogP contribution in [-0.4, -0.2) is 17.1 Å². The minimum absolute atomic E-state index is 0.0418. The highest BCUT2D eigenvalue weighted by Crippen LogP contribution is 2.21. The number of amides is 1. The van der Waals surface area contributed by atoms with Crippen molar-refractivity contribution in [3.63, 3.8) is 0 Å². The van der Waals surface area contributed by atoms with E-state index in [0.29, 0.717) is 11.5 Å². The molecular formula is C13H13FN2O3. The van der Waals surface area contributed by atoms with Crippen LogP contribution in [0.2, 0.25) is 0 Å². The average Bonchev–Trinajstić information content (AvgIpc) is 2.86. The van der Waals surface area contributed by atoms with E-state index in [0.717, 1.165) is 0 Å². The Labute approximate surface area is 108 Å². The summed E-state index contributed by atoms with van der Waals surface area (Å²) in [6, 6.07) is 3.24. The Kier molecular flexibility index (Phi) is 3.50. The topological polar surface area (TPSA) is 78.2 Å². The molecular weight excluding hydrogens is 251 g/mol. The maximum absolute atomic E-state index is 12.5. The van der Waals surface area contributed by atoms with Crippen molar-refractivity contribution in [2.24, 2.45) is 5.73 Å². The van der Waals surface area contributed by atoms with Crippen molar-refractivity contribution >= 4 is 5.91 Å². The number of nitrogens with two attached hydrogens (primary N) is 1. The molecule has 0 aromatic carbocycles. The van der Waals surface area contributed by atoms with Crippen molar-refractivity contribution in [2.75, 3.05) is 6.67 Å². The number of aryl methyl sites for hydroxylation is 1. The molecule has 100 valence electrons. The number of carbonyl (C=O) groups is 1. The number of carbonyl (C=O) groups excluding carboxylic acids is 1. The van der Waals surface area contributed by atoms with Crippen LogP contribution in [0.25, 0.3) is 11.3 Å². The van der Waals surface area contributed by atoms with E-state index in [1.807, 2.05) is 0 Å². The Morgan fingerprint density at radius 3 is 2.79 bits per heavy atom. The van der Waals surface area contributed by atoms with Crippen LogP contribution < -0.4 is 11.2 Å². The van der Waals surface area contributed by atoms with Gasteiger partial charge in [0, 0.05) is 11.9 Å². The van der Waals surface area contributed by atoms with E-state index in [9.17, 15) is 14.0 Å². The molecule has 5 nitrogen and oxygen atoms in total. The van der Waals surface area contributed by atoms with Crippen molar-refractivity contribution in [2.45, 2.75) is 13.5 Å². The lowest BCUT2D eigenvalue weighted by molar-refractivity contribution is 0.0998. The van der Waals surface area contributed by atoms with Crippen LogP contribution in [0.5, 0.6) is 0 Å². The number of nitrogens with zero attached hydrogens (tertiary/aromatic N) is 1. The molecule has 0 bridgehead atoms. The first kappa shape index (κ1) is 13.1. The fourth-order valence-electron chi connectivity index (χ4n) is 1.96. The average molecular weight is 264 g/mol. The fourth-order valence-corrected chi connectivity index (χ4v) is 1.96. The van der Waals surface area contributed by atoms with Crippen molar-refractivity contribution in [3.05, 3.63) is 46.1 Å². The van der Waals surface area contributed by atoms with Gasteiger partial charge in [-0.2, -0.15) is 0 Å². The fraction of sp³-hybridized carbons (Fsp3) is 0.231. The van der Waals surface area contributed by atoms with Gasteiger partial charge in [-0.1, -0.05) is 0 Å². The third kappa shape index (κ3) is 2.29. The molecule has 0 atom stereocenters. The number of hydrogen-bond donors (Lipinski definition) is 1. The highest BCUT2D eigenvalue weighted by molar-refractivity contribution is 5.93. The number of aromatic nitrogens is 1. The summed E-state index contributed by atoms with van der Waals surface area (Å²) >= 11 is 0. The predicted molar refractivity (Wildman–Crippen MR) is 67.6 cm³/mol. The van der Waals surface area contributed by atoms with Gasteiger partial charge < -0.3 is 14.7 Å². The summed E-state index contributed by atoms with van der Waals surface area (Å²) in [5.41, 5.74) is 5.26. The molecule has 0 aliphatic rings. The zero-order valence-corrected chi connectivity index (χ0v) is 10.4. The van der Waals surface area contributed by atoms with Gasteiger partial charge >= 0.3 is 0 Å². The number of pyridine rings is 1. The first-order chi connectivity index (χ1) is 9.06. The maximum atomic E-state index is 12.5. The van der Waals surface area contributed by atoms with Gasteiger partial charge in [-0.25, -0.2) is 4.39 Å². The van der Waals surface area contributed by atoms with E-state index < -0.39 is 18.0 Å². The predicted octanol–water partition coefficient (Wildman–Crippen LogP) is 1.49. The Morgan fingerprint density at radius 1 is 1.53 bits per heavy atom. The molecule has 0 fully saturated rings. The molecule has 0 unspecified atom stereocenters. The molecule has 1 amide bonds. The highest BCUT2D eigenvalue weighted by atomic mass is 19.1. The number of primary amides is 1. The van der Waals surface area contributed by atoms with Gasteiger partial charge in [-0.3, -0.25) is 9.59 Å². The monoisotopic (exact) mass is 264 g/mol. The van der Waals surface area contributed by atoms with Crippen LogP contribution in [0.3, 0.4) is 0 Å². The van der Waals surface area contributed by atoms with Crippen molar-refractivity contribution < 1.29 is 13.6 Å². The van der Waals surface area contributed by atoms with E-state index in [4.69, 9.17) is 10.2 Å². The molecule has 2 N–H and O–H groups in total. The van der Waals surface area contributed by atoms with Gasteiger partial charge in [-0.05, 0) is 19.1 Å². The Bertz CT molecular complexity index is 659. The molecule has 6 heteroatoms. The molecule has 0 radical (unpaired) electrons. The summed E-state index contributed by atoms with van der Waals surface area (Å²) in [5.74, 6) is -0.511. The number of furan rings is 1. The lowest BCUT2D eigenvalue weighted by Gasteiger charge is -2.13. The Balaban J connectivity index is 2.77. The van der Waals surface area contributed by atoms with Crippen LogP contribution >= 0.6 is 0 Å². The van der Waals surface area contributed by atoms with Crippen LogP contribution in [-0.2, 0) is 6.54 Å². The molecule has 0 saturated heterocycles. The van der Waals surface area contributed by atoms with Gasteiger partial charge in [0.1, 0.15) is 18.0 Å². The maximum Gasteiger partial charge on any atom is 0.254 e. The summed E-state index contributed by atoms with van der Waals surface area (Å²) in [4.78, 5) is 23.5. The second-order valence-corrected chi connectivity index (χ2v) is 4.06. The molecule has 0 saturated carbocycles. The standard InChI is InChI=1S/C13H13FN2O3/c1-8-11(10-3-2-6-19-10)12(17)9(13(15)18)7-16(8)5-4-14/h2-3,6-7H,4-5H2,1H3,(H2,15,18). The first-order valence-electron chi connectivity index (χ1n) is 5.70. The molecule has 0 aliphatic heterocycles. The second-order valence-electron chi connectivity index (χ2n) is 4.06. The van der Waals surface area contributed by atoms with E-state index in [2.05, 4.69) is 0 Å². The zero-order chi connectivity index (χ0) is 14.0. The van der Waals surface area contributed by atoms with Gasteiger partial charge in [0.05, 0.1) is 18.4 Å². The van der Waals surface area contributed by atoms with E-state index in [1.165, 1.54) is 17.0 Å². The van der Waals surface area contributed by atoms with Gasteiger partial charge in [0.15, 0.2) is 0 Å². The van der Waals surface area contributed by atoms with Gasteiger partial charge in [0.25, 0.3) is 5.91 Å². The van der Waals surface area contributed by atoms with Gasteiger partial charge in [0.2, 0.25) is 5.43 Å². The van der Waals surface area contributed by atoms with Crippen LogP contribution in [0, 0.1) is 6.92 Å². The normalized spacial score (nSPS) is 10.6. The largest absolute Gasteiger partial charge is 0.464 e. The zero-order valence-electron chi connectivity index (χ0n) is 10.4. The molecule has 2 aromatic heterocycles. The Morgan fingerprint density at radius 2 is 2.26 bits per heavy atom. The molecule has 2 aromatic rings. The summed E-state index contributed by atoms with van der Waals surface area (Å²) in [6.45, 7) is 1.10. The number of rotatable bonds is 4. The van der Waals surface area contributed by atoms with E-state index >= 15 is 0 Å². The third-order valence-corrected chi connectivity index (χ3v) is 2.91. The van der Waals surface area contributed by atoms with Crippen LogP contribution in [0.1, 0.15) is 16.1 Å². The van der Waals surface area contributed by atoms with Crippen LogP contribution in [0.15, 0.2) is 33.8 Å². The minimum atomic E-state index is -0.842. The number of hydrogen-bond acceptors (Lipinski definition) is 3. The first-order valence-corrected chi connectivity index (χ1v) is 5.70. The van der Waals surface area contributed by atoms with E-state index in [1.54, 1.807) is 19.1 Å². The Hall–Kier alpha value is -2.37. The van der Waals surface area contributed by atoms with E-state index in [-0.39, 0.29) is 17.7 Å². The quantitative estimate of drug-likeness (QED) is 0.908. The lowest BCUT2D eigenvalue weighted by atomic mass is 10.1. The van der Waals surface area contributed by atoms with Crippen molar-refractivity contribution in [1.82, 2.24) is 4.57 Å². The second kappa shape index (κ2) is 5.09.